The van der Waals surface area contributed by atoms with Crippen molar-refractivity contribution < 1.29 is 44.7 Å². The summed E-state index contributed by atoms with van der Waals surface area (Å²) in [7, 11) is -4.29. The van der Waals surface area contributed by atoms with Gasteiger partial charge in [0.25, 0.3) is 0 Å². The van der Waals surface area contributed by atoms with Crippen LogP contribution >= 0.6 is 0 Å². The van der Waals surface area contributed by atoms with Crippen molar-refractivity contribution in [2.75, 3.05) is 13.1 Å². The Morgan fingerprint density at radius 3 is 1.80 bits per heavy atom. The van der Waals surface area contributed by atoms with E-state index in [4.69, 9.17) is 5.11 Å². The van der Waals surface area contributed by atoms with Crippen molar-refractivity contribution in [3.05, 3.63) is 0 Å². The summed E-state index contributed by atoms with van der Waals surface area (Å²) >= 11 is 0. The van der Waals surface area contributed by atoms with Gasteiger partial charge in [0, 0.05) is 13.1 Å². The van der Waals surface area contributed by atoms with Crippen LogP contribution in [-0.4, -0.2) is 54.5 Å². The molecule has 2 atom stereocenters. The molecule has 2 fully saturated rings. The second-order valence-electron chi connectivity index (χ2n) is 6.47. The van der Waals surface area contributed by atoms with E-state index >= 15 is 0 Å². The lowest BCUT2D eigenvalue weighted by Gasteiger charge is -2.32. The Morgan fingerprint density at radius 1 is 0.920 bits per heavy atom. The summed E-state index contributed by atoms with van der Waals surface area (Å²) in [4.78, 5) is 11.0. The van der Waals surface area contributed by atoms with Crippen LogP contribution in [0, 0.1) is 17.8 Å². The molecule has 0 aromatic rings. The number of carbonyl (C=O) groups is 1. The molecule has 1 saturated carbocycles. The van der Waals surface area contributed by atoms with Crippen LogP contribution in [0.3, 0.4) is 0 Å². The smallest absolute Gasteiger partial charge is 0.393 e. The van der Waals surface area contributed by atoms with Crippen molar-refractivity contribution in [3.63, 3.8) is 0 Å². The SMILES string of the molecule is O=C(O)[C@@H]1CN(S(=O)(=O)C2CCC(C(F)(F)F)CC2)C[C@H]1C(F)(F)F. The van der Waals surface area contributed by atoms with Gasteiger partial charge in [-0.05, 0) is 25.7 Å². The van der Waals surface area contributed by atoms with Gasteiger partial charge in [-0.3, -0.25) is 4.79 Å². The first-order valence-corrected chi connectivity index (χ1v) is 9.10. The fourth-order valence-corrected chi connectivity index (χ4v) is 5.48. The molecule has 1 aliphatic heterocycles. The summed E-state index contributed by atoms with van der Waals surface area (Å²) in [6, 6.07) is 0. The molecule has 0 bridgehead atoms. The Bertz CT molecular complexity index is 609. The standard InChI is InChI=1S/C13H17F6NO4S/c14-12(15,16)7-1-3-8(4-2-7)25(23,24)20-5-9(11(21)22)10(6-20)13(17,18)19/h7-10H,1-6H2,(H,21,22)/t7?,8?,9-,10-/m1/s1. The molecule has 12 heteroatoms. The van der Waals surface area contributed by atoms with E-state index in [0.717, 1.165) is 0 Å². The summed E-state index contributed by atoms with van der Waals surface area (Å²) in [5, 5.41) is 7.70. The molecule has 0 radical (unpaired) electrons. The molecule has 1 aliphatic carbocycles. The average Bonchev–Trinajstić information content (AvgIpc) is 2.92. The van der Waals surface area contributed by atoms with Gasteiger partial charge in [-0.2, -0.15) is 26.3 Å². The van der Waals surface area contributed by atoms with Crippen LogP contribution in [0.15, 0.2) is 0 Å². The lowest BCUT2D eigenvalue weighted by molar-refractivity contribution is -0.187. The number of aliphatic carboxylic acids is 1. The molecular weight excluding hydrogens is 380 g/mol. The molecule has 0 amide bonds. The molecule has 1 N–H and O–H groups in total. The van der Waals surface area contributed by atoms with Crippen LogP contribution in [0.4, 0.5) is 26.3 Å². The normalized spacial score (nSPS) is 32.7. The third-order valence-electron chi connectivity index (χ3n) is 4.94. The summed E-state index contributed by atoms with van der Waals surface area (Å²) in [5.41, 5.74) is 0. The molecule has 0 aromatic carbocycles. The summed E-state index contributed by atoms with van der Waals surface area (Å²) in [6.45, 7) is -1.83. The Kier molecular flexibility index (Phi) is 5.35. The first-order valence-electron chi connectivity index (χ1n) is 7.59. The lowest BCUT2D eigenvalue weighted by atomic mass is 9.88. The van der Waals surface area contributed by atoms with Gasteiger partial charge in [-0.1, -0.05) is 0 Å². The van der Waals surface area contributed by atoms with Crippen LogP contribution < -0.4 is 0 Å². The first kappa shape index (κ1) is 20.3. The largest absolute Gasteiger partial charge is 0.481 e. The van der Waals surface area contributed by atoms with Gasteiger partial charge in [0.15, 0.2) is 0 Å². The van der Waals surface area contributed by atoms with Gasteiger partial charge in [-0.25, -0.2) is 12.7 Å². The van der Waals surface area contributed by atoms with Crippen molar-refractivity contribution in [2.45, 2.75) is 43.3 Å². The van der Waals surface area contributed by atoms with Gasteiger partial charge in [-0.15, -0.1) is 0 Å². The molecular formula is C13H17F6NO4S. The zero-order valence-electron chi connectivity index (χ0n) is 12.8. The number of sulfonamides is 1. The highest BCUT2D eigenvalue weighted by molar-refractivity contribution is 7.89. The Labute approximate surface area is 140 Å². The number of halogens is 6. The maximum atomic E-state index is 12.9. The molecule has 2 rings (SSSR count). The van der Waals surface area contributed by atoms with E-state index in [1.807, 2.05) is 0 Å². The van der Waals surface area contributed by atoms with E-state index in [1.165, 1.54) is 0 Å². The molecule has 2 aliphatic rings. The predicted octanol–water partition coefficient (Wildman–Crippen LogP) is 2.63. The summed E-state index contributed by atoms with van der Waals surface area (Å²) < 4.78 is 102. The average molecular weight is 397 g/mol. The van der Waals surface area contributed by atoms with Gasteiger partial charge < -0.3 is 5.11 Å². The number of alkyl halides is 6. The number of carboxylic acid groups (broad SMARTS) is 1. The second kappa shape index (κ2) is 6.60. The molecule has 0 unspecified atom stereocenters. The molecule has 25 heavy (non-hydrogen) atoms. The minimum atomic E-state index is -4.87. The monoisotopic (exact) mass is 397 g/mol. The minimum absolute atomic E-state index is 0.308. The quantitative estimate of drug-likeness (QED) is 0.743. The van der Waals surface area contributed by atoms with Gasteiger partial charge in [0.2, 0.25) is 10.0 Å². The lowest BCUT2D eigenvalue weighted by Crippen LogP contribution is -2.41. The van der Waals surface area contributed by atoms with E-state index in [0.29, 0.717) is 4.31 Å². The van der Waals surface area contributed by atoms with Gasteiger partial charge in [0.1, 0.15) is 0 Å². The maximum absolute atomic E-state index is 12.9. The van der Waals surface area contributed by atoms with Crippen molar-refractivity contribution >= 4 is 16.0 Å². The van der Waals surface area contributed by atoms with E-state index in [1.54, 1.807) is 0 Å². The number of rotatable bonds is 3. The Balaban J connectivity index is 2.12. The van der Waals surface area contributed by atoms with Crippen LogP contribution in [0.5, 0.6) is 0 Å². The number of hydrogen-bond donors (Lipinski definition) is 1. The second-order valence-corrected chi connectivity index (χ2v) is 8.68. The zero-order chi connectivity index (χ0) is 19.2. The van der Waals surface area contributed by atoms with Crippen LogP contribution in [0.1, 0.15) is 25.7 Å². The van der Waals surface area contributed by atoms with Crippen LogP contribution in [0.2, 0.25) is 0 Å². The zero-order valence-corrected chi connectivity index (χ0v) is 13.7. The van der Waals surface area contributed by atoms with Gasteiger partial charge >= 0.3 is 18.3 Å². The molecule has 146 valence electrons. The first-order chi connectivity index (χ1) is 11.2. The molecule has 5 nitrogen and oxygen atoms in total. The highest BCUT2D eigenvalue weighted by atomic mass is 32.2. The molecule has 1 saturated heterocycles. The third kappa shape index (κ3) is 4.21. The molecule has 0 aromatic heterocycles. The number of nitrogens with zero attached hydrogens (tertiary/aromatic N) is 1. The van der Waals surface area contributed by atoms with Crippen molar-refractivity contribution in [1.82, 2.24) is 4.31 Å². The van der Waals surface area contributed by atoms with Crippen molar-refractivity contribution in [2.24, 2.45) is 17.8 Å². The topological polar surface area (TPSA) is 74.7 Å². The van der Waals surface area contributed by atoms with E-state index < -0.39 is 77.3 Å². The molecule has 0 spiro atoms. The fraction of sp³-hybridized carbons (Fsp3) is 0.923. The van der Waals surface area contributed by atoms with Crippen LogP contribution in [-0.2, 0) is 14.8 Å². The summed E-state index contributed by atoms with van der Waals surface area (Å²) in [5.74, 6) is -7.61. The summed E-state index contributed by atoms with van der Waals surface area (Å²) in [6.07, 6.45) is -10.7. The van der Waals surface area contributed by atoms with Crippen LogP contribution in [0.25, 0.3) is 0 Å². The number of carboxylic acids is 1. The Morgan fingerprint density at radius 2 is 1.44 bits per heavy atom. The van der Waals surface area contributed by atoms with E-state index in [9.17, 15) is 39.6 Å². The highest BCUT2D eigenvalue weighted by Gasteiger charge is 2.56. The maximum Gasteiger partial charge on any atom is 0.393 e. The predicted molar refractivity (Wildman–Crippen MR) is 73.0 cm³/mol. The van der Waals surface area contributed by atoms with E-state index in [-0.39, 0.29) is 12.8 Å². The number of hydrogen-bond acceptors (Lipinski definition) is 3. The molecule has 1 heterocycles. The van der Waals surface area contributed by atoms with E-state index in [2.05, 4.69) is 0 Å². The van der Waals surface area contributed by atoms with Gasteiger partial charge in [0.05, 0.1) is 23.0 Å². The Hall–Kier alpha value is -1.04. The van der Waals surface area contributed by atoms with Crippen molar-refractivity contribution in [1.29, 1.82) is 0 Å². The fourth-order valence-electron chi connectivity index (χ4n) is 3.46. The highest BCUT2D eigenvalue weighted by Crippen LogP contribution is 2.43. The minimum Gasteiger partial charge on any atom is -0.481 e. The third-order valence-corrected chi connectivity index (χ3v) is 7.27. The van der Waals surface area contributed by atoms with Crippen molar-refractivity contribution in [3.8, 4) is 0 Å².